The summed E-state index contributed by atoms with van der Waals surface area (Å²) in [6.45, 7) is 13.9. The van der Waals surface area contributed by atoms with Crippen LogP contribution in [0.5, 0.6) is 0 Å². The average molecular weight is 661 g/mol. The van der Waals surface area contributed by atoms with Gasteiger partial charge in [0, 0.05) is 26.1 Å². The Morgan fingerprint density at radius 1 is 0.979 bits per heavy atom. The third-order valence-corrected chi connectivity index (χ3v) is 9.29. The number of nitrogens with zero attached hydrogens (tertiary/aromatic N) is 1. The van der Waals surface area contributed by atoms with E-state index in [1.54, 1.807) is 13.8 Å². The minimum absolute atomic E-state index is 0.0691. The van der Waals surface area contributed by atoms with E-state index in [0.717, 1.165) is 19.3 Å². The highest BCUT2D eigenvalue weighted by Gasteiger charge is 2.48. The molecule has 0 aromatic heterocycles. The van der Waals surface area contributed by atoms with E-state index in [2.05, 4.69) is 32.5 Å². The van der Waals surface area contributed by atoms with E-state index in [9.17, 15) is 28.8 Å². The van der Waals surface area contributed by atoms with Crippen molar-refractivity contribution in [2.45, 2.75) is 124 Å². The minimum Gasteiger partial charge on any atom is -0.447 e. The van der Waals surface area contributed by atoms with E-state index in [-0.39, 0.29) is 44.4 Å². The predicted octanol–water partition coefficient (Wildman–Crippen LogP) is 2.63. The van der Waals surface area contributed by atoms with Gasteiger partial charge in [0.05, 0.1) is 12.1 Å². The fraction of sp³-hybridized carbons (Fsp3) is 0.765. The molecule has 5 N–H and O–H groups in total. The number of likely N-dealkylation sites (tertiary alicyclic amines) is 1. The third-order valence-electron chi connectivity index (χ3n) is 9.29. The number of ether oxygens (including phenoxy) is 1. The summed E-state index contributed by atoms with van der Waals surface area (Å²) < 4.78 is 5.32. The number of amides is 6. The molecule has 13 nitrogen and oxygen atoms in total. The number of carbonyl (C=O) groups is 6. The Kier molecular flexibility index (Phi) is 15.0. The van der Waals surface area contributed by atoms with Crippen molar-refractivity contribution in [3.05, 3.63) is 0 Å². The standard InChI is InChI=1S/C34H56N6O7/c1-9-12-16-23(26(41)29(43)35-10-2)37-28(42)25-22(4)17-20-40(25)30(44)27(34(8)18-14-13-15-19-34)39-31(45)38-24(33(5,6)7)21-47-32(46)36-11-3/h1,22-25,27H,10-21H2,2-8H3,(H,35,43)(H,36,46)(H,37,42)(H2,38,39,45)/t22-,23?,24+,25?,27?/m0/s1. The van der Waals surface area contributed by atoms with E-state index in [4.69, 9.17) is 11.2 Å². The van der Waals surface area contributed by atoms with Crippen LogP contribution >= 0.6 is 0 Å². The summed E-state index contributed by atoms with van der Waals surface area (Å²) in [6.07, 6.45) is 9.85. The molecular weight excluding hydrogens is 604 g/mol. The zero-order valence-corrected chi connectivity index (χ0v) is 29.3. The van der Waals surface area contributed by atoms with E-state index in [0.29, 0.717) is 25.8 Å². The van der Waals surface area contributed by atoms with Crippen LogP contribution in [0.25, 0.3) is 0 Å². The third kappa shape index (κ3) is 11.1. The Morgan fingerprint density at radius 3 is 2.19 bits per heavy atom. The van der Waals surface area contributed by atoms with Crippen molar-refractivity contribution >= 4 is 35.6 Å². The van der Waals surface area contributed by atoms with Crippen LogP contribution in [-0.4, -0.2) is 90.9 Å². The lowest BCUT2D eigenvalue weighted by molar-refractivity contribution is -0.145. The van der Waals surface area contributed by atoms with Gasteiger partial charge in [-0.15, -0.1) is 12.3 Å². The van der Waals surface area contributed by atoms with Crippen molar-refractivity contribution in [2.24, 2.45) is 16.7 Å². The molecule has 2 aliphatic rings. The van der Waals surface area contributed by atoms with Crippen molar-refractivity contribution < 1.29 is 33.5 Å². The fourth-order valence-corrected chi connectivity index (χ4v) is 6.30. The number of hydrogen-bond acceptors (Lipinski definition) is 7. The van der Waals surface area contributed by atoms with Crippen LogP contribution in [0.15, 0.2) is 0 Å². The Hall–Kier alpha value is -3.82. The Bertz CT molecular complexity index is 1170. The number of likely N-dealkylation sites (N-methyl/N-ethyl adjacent to an activating group) is 1. The molecule has 3 unspecified atom stereocenters. The molecule has 0 radical (unpaired) electrons. The zero-order valence-electron chi connectivity index (χ0n) is 29.3. The maximum atomic E-state index is 14.5. The van der Waals surface area contributed by atoms with Crippen LogP contribution in [0, 0.1) is 29.1 Å². The van der Waals surface area contributed by atoms with Gasteiger partial charge in [-0.25, -0.2) is 9.59 Å². The van der Waals surface area contributed by atoms with Crippen molar-refractivity contribution in [3.8, 4) is 12.3 Å². The monoisotopic (exact) mass is 660 g/mol. The highest BCUT2D eigenvalue weighted by Crippen LogP contribution is 2.40. The van der Waals surface area contributed by atoms with Gasteiger partial charge in [-0.2, -0.15) is 0 Å². The molecule has 47 heavy (non-hydrogen) atoms. The summed E-state index contributed by atoms with van der Waals surface area (Å²) in [4.78, 5) is 80.5. The van der Waals surface area contributed by atoms with Gasteiger partial charge in [0.15, 0.2) is 0 Å². The number of terminal acetylenes is 1. The molecule has 13 heteroatoms. The maximum absolute atomic E-state index is 14.5. The van der Waals surface area contributed by atoms with Gasteiger partial charge in [-0.3, -0.25) is 19.2 Å². The van der Waals surface area contributed by atoms with Crippen molar-refractivity contribution in [3.63, 3.8) is 0 Å². The maximum Gasteiger partial charge on any atom is 0.407 e. The van der Waals surface area contributed by atoms with Gasteiger partial charge in [0.1, 0.15) is 18.7 Å². The molecule has 2 rings (SSSR count). The number of rotatable bonds is 14. The van der Waals surface area contributed by atoms with E-state index in [1.807, 2.05) is 34.6 Å². The predicted molar refractivity (Wildman–Crippen MR) is 178 cm³/mol. The molecule has 2 fully saturated rings. The molecule has 6 amide bonds. The molecule has 1 aliphatic carbocycles. The van der Waals surface area contributed by atoms with Gasteiger partial charge < -0.3 is 36.2 Å². The van der Waals surface area contributed by atoms with Gasteiger partial charge in [-0.1, -0.05) is 53.9 Å². The van der Waals surface area contributed by atoms with Crippen LogP contribution in [0.1, 0.15) is 99.8 Å². The quantitative estimate of drug-likeness (QED) is 0.141. The highest BCUT2D eigenvalue weighted by atomic mass is 16.5. The van der Waals surface area contributed by atoms with Gasteiger partial charge >= 0.3 is 12.1 Å². The van der Waals surface area contributed by atoms with Gasteiger partial charge in [0.25, 0.3) is 5.91 Å². The fourth-order valence-electron chi connectivity index (χ4n) is 6.30. The molecule has 1 heterocycles. The summed E-state index contributed by atoms with van der Waals surface area (Å²) in [5, 5.41) is 13.6. The zero-order chi connectivity index (χ0) is 35.4. The first-order valence-electron chi connectivity index (χ1n) is 16.9. The number of alkyl carbamates (subject to hydrolysis) is 1. The van der Waals surface area contributed by atoms with Crippen LogP contribution in [0.4, 0.5) is 9.59 Å². The molecule has 264 valence electrons. The van der Waals surface area contributed by atoms with Crippen LogP contribution in [0.2, 0.25) is 0 Å². The second-order valence-electron chi connectivity index (χ2n) is 14.1. The molecule has 1 aliphatic heterocycles. The highest BCUT2D eigenvalue weighted by molar-refractivity contribution is 6.38. The Balaban J connectivity index is 2.33. The number of hydrogen-bond donors (Lipinski definition) is 5. The molecule has 0 bridgehead atoms. The van der Waals surface area contributed by atoms with Crippen LogP contribution < -0.4 is 26.6 Å². The molecule has 0 spiro atoms. The van der Waals surface area contributed by atoms with Crippen molar-refractivity contribution in [1.29, 1.82) is 0 Å². The molecule has 5 atom stereocenters. The molecule has 1 saturated heterocycles. The van der Waals surface area contributed by atoms with E-state index >= 15 is 0 Å². The smallest absolute Gasteiger partial charge is 0.407 e. The Labute approximate surface area is 279 Å². The van der Waals surface area contributed by atoms with Gasteiger partial charge in [-0.05, 0) is 56.3 Å². The van der Waals surface area contributed by atoms with E-state index < -0.39 is 64.7 Å². The molecule has 1 saturated carbocycles. The summed E-state index contributed by atoms with van der Waals surface area (Å²) in [5.41, 5.74) is -1.05. The average Bonchev–Trinajstić information content (AvgIpc) is 3.40. The lowest BCUT2D eigenvalue weighted by atomic mass is 9.70. The lowest BCUT2D eigenvalue weighted by Gasteiger charge is -2.43. The summed E-state index contributed by atoms with van der Waals surface area (Å²) in [6, 6.07) is -4.13. The second-order valence-corrected chi connectivity index (χ2v) is 14.1. The normalized spacial score (nSPS) is 20.9. The molecule has 0 aromatic rings. The first-order chi connectivity index (χ1) is 22.1. The van der Waals surface area contributed by atoms with Crippen LogP contribution in [-0.2, 0) is 23.9 Å². The summed E-state index contributed by atoms with van der Waals surface area (Å²) in [7, 11) is 0. The number of urea groups is 1. The van der Waals surface area contributed by atoms with Crippen molar-refractivity contribution in [2.75, 3.05) is 26.2 Å². The second kappa shape index (κ2) is 17.9. The van der Waals surface area contributed by atoms with E-state index in [1.165, 1.54) is 4.90 Å². The molecule has 0 aromatic carbocycles. The van der Waals surface area contributed by atoms with Gasteiger partial charge in [0.2, 0.25) is 17.6 Å². The summed E-state index contributed by atoms with van der Waals surface area (Å²) >= 11 is 0. The van der Waals surface area contributed by atoms with Crippen molar-refractivity contribution in [1.82, 2.24) is 31.5 Å². The SMILES string of the molecule is C#CCCC(NC(=O)C1[C@@H](C)CCN1C(=O)C(NC(=O)N[C@H](COC(=O)NCC)C(C)(C)C)C1(C)CCCCC1)C(=O)C(=O)NCC. The number of carbonyl (C=O) groups excluding carboxylic acids is 6. The number of nitrogens with one attached hydrogen (secondary N) is 5. The summed E-state index contributed by atoms with van der Waals surface area (Å²) in [5.74, 6) is -0.329. The topological polar surface area (TPSA) is 175 Å². The molecular formula is C34H56N6O7. The van der Waals surface area contributed by atoms with Crippen LogP contribution in [0.3, 0.4) is 0 Å². The minimum atomic E-state index is -1.14. The number of Topliss-reactive ketones (excluding diaryl/α,β-unsaturated/α-hetero) is 1. The largest absolute Gasteiger partial charge is 0.447 e. The first kappa shape index (κ1) is 39.4. The lowest BCUT2D eigenvalue weighted by Crippen LogP contribution is -2.63. The first-order valence-corrected chi connectivity index (χ1v) is 16.9. The number of ketones is 1. The Morgan fingerprint density at radius 2 is 1.62 bits per heavy atom.